The summed E-state index contributed by atoms with van der Waals surface area (Å²) in [7, 11) is 0. The van der Waals surface area contributed by atoms with Crippen LogP contribution in [0, 0.1) is 11.3 Å². The predicted octanol–water partition coefficient (Wildman–Crippen LogP) is 0.0967. The van der Waals surface area contributed by atoms with E-state index in [1.165, 1.54) is 11.8 Å². The van der Waals surface area contributed by atoms with Crippen LogP contribution in [0.5, 0.6) is 0 Å². The number of nitrogens with two attached hydrogens (primary N) is 1. The Morgan fingerprint density at radius 2 is 2.46 bits per heavy atom. The molecule has 0 aliphatic carbocycles. The van der Waals surface area contributed by atoms with E-state index in [1.807, 2.05) is 13.0 Å². The summed E-state index contributed by atoms with van der Waals surface area (Å²) in [5.41, 5.74) is 5.53. The molecule has 1 atom stereocenters. The number of rotatable bonds is 6. The molecule has 0 rings (SSSR count). The van der Waals surface area contributed by atoms with Crippen molar-refractivity contribution >= 4 is 17.7 Å². The average molecular weight is 201 g/mol. The summed E-state index contributed by atoms with van der Waals surface area (Å²) in [6, 6.07) is 2.04. The molecule has 0 aliphatic rings. The van der Waals surface area contributed by atoms with Gasteiger partial charge in [-0.2, -0.15) is 17.0 Å². The van der Waals surface area contributed by atoms with Gasteiger partial charge in [-0.15, -0.1) is 0 Å². The maximum Gasteiger partial charge on any atom is 0.230 e. The minimum Gasteiger partial charge on any atom is -0.342 e. The molecule has 0 heterocycles. The number of thioether (sulfide) groups is 1. The first kappa shape index (κ1) is 12.3. The molecule has 5 heteroatoms. The summed E-state index contributed by atoms with van der Waals surface area (Å²) in [6.07, 6.45) is 0.913. The predicted molar refractivity (Wildman–Crippen MR) is 54.2 cm³/mol. The zero-order valence-electron chi connectivity index (χ0n) is 7.75. The van der Waals surface area contributed by atoms with Crippen molar-refractivity contribution in [2.75, 3.05) is 18.1 Å². The average Bonchev–Trinajstić information content (AvgIpc) is 2.08. The highest BCUT2D eigenvalue weighted by atomic mass is 32.2. The number of amides is 1. The van der Waals surface area contributed by atoms with Gasteiger partial charge in [0.05, 0.1) is 11.8 Å². The Morgan fingerprint density at radius 3 is 3.00 bits per heavy atom. The second-order valence-corrected chi connectivity index (χ2v) is 3.86. The van der Waals surface area contributed by atoms with Gasteiger partial charge in [-0.05, 0) is 19.1 Å². The molecule has 74 valence electrons. The number of nitrogens with one attached hydrogen (secondary N) is 1. The molecule has 0 aromatic heterocycles. The van der Waals surface area contributed by atoms with Gasteiger partial charge in [-0.25, -0.2) is 0 Å². The third kappa shape index (κ3) is 9.18. The Kier molecular flexibility index (Phi) is 7.45. The van der Waals surface area contributed by atoms with Crippen LogP contribution < -0.4 is 11.1 Å². The van der Waals surface area contributed by atoms with Gasteiger partial charge in [-0.1, -0.05) is 0 Å². The van der Waals surface area contributed by atoms with Gasteiger partial charge in [0, 0.05) is 6.04 Å². The first-order valence-corrected chi connectivity index (χ1v) is 5.29. The fourth-order valence-electron chi connectivity index (χ4n) is 0.623. The monoisotopic (exact) mass is 201 g/mol. The van der Waals surface area contributed by atoms with Crippen molar-refractivity contribution < 1.29 is 4.79 Å². The van der Waals surface area contributed by atoms with E-state index in [9.17, 15) is 4.79 Å². The maximum absolute atomic E-state index is 10.9. The van der Waals surface area contributed by atoms with E-state index in [-0.39, 0.29) is 18.5 Å². The van der Waals surface area contributed by atoms with Crippen molar-refractivity contribution in [3.8, 4) is 6.07 Å². The van der Waals surface area contributed by atoms with Crippen LogP contribution in [-0.4, -0.2) is 30.0 Å². The summed E-state index contributed by atoms with van der Waals surface area (Å²) < 4.78 is 0. The highest BCUT2D eigenvalue weighted by molar-refractivity contribution is 7.99. The lowest BCUT2D eigenvalue weighted by atomic mass is 10.3. The van der Waals surface area contributed by atoms with E-state index in [1.54, 1.807) is 0 Å². The summed E-state index contributed by atoms with van der Waals surface area (Å²) >= 11 is 1.54. The molecule has 0 fully saturated rings. The van der Waals surface area contributed by atoms with E-state index in [0.29, 0.717) is 5.75 Å². The zero-order chi connectivity index (χ0) is 10.1. The van der Waals surface area contributed by atoms with Crippen molar-refractivity contribution in [3.05, 3.63) is 0 Å². The Balaban J connectivity index is 3.23. The topological polar surface area (TPSA) is 78.9 Å². The molecular weight excluding hydrogens is 186 g/mol. The third-order valence-corrected chi connectivity index (χ3v) is 2.31. The summed E-state index contributed by atoms with van der Waals surface area (Å²) in [5, 5.41) is 10.6. The normalized spacial score (nSPS) is 11.8. The molecule has 0 aromatic carbocycles. The molecule has 0 saturated carbocycles. The fraction of sp³-hybridized carbons (Fsp3) is 0.750. The number of nitrogens with zero attached hydrogens (tertiary/aromatic N) is 1. The van der Waals surface area contributed by atoms with E-state index >= 15 is 0 Å². The lowest BCUT2D eigenvalue weighted by Crippen LogP contribution is -2.25. The lowest BCUT2D eigenvalue weighted by molar-refractivity contribution is -0.118. The van der Waals surface area contributed by atoms with Gasteiger partial charge >= 0.3 is 0 Å². The third-order valence-electron chi connectivity index (χ3n) is 1.32. The summed E-state index contributed by atoms with van der Waals surface area (Å²) in [6.45, 7) is 2.03. The molecule has 13 heavy (non-hydrogen) atoms. The Hall–Kier alpha value is -0.730. The molecule has 0 spiro atoms. The van der Waals surface area contributed by atoms with Crippen LogP contribution in [0.2, 0.25) is 0 Å². The molecule has 0 saturated heterocycles. The van der Waals surface area contributed by atoms with Crippen molar-refractivity contribution in [1.82, 2.24) is 5.32 Å². The van der Waals surface area contributed by atoms with E-state index in [2.05, 4.69) is 5.32 Å². The first-order valence-electron chi connectivity index (χ1n) is 4.13. The van der Waals surface area contributed by atoms with Gasteiger partial charge in [-0.3, -0.25) is 4.79 Å². The number of carbonyl (C=O) groups is 1. The minimum atomic E-state index is -0.0868. The molecule has 0 aliphatic heterocycles. The van der Waals surface area contributed by atoms with Crippen molar-refractivity contribution in [2.24, 2.45) is 5.73 Å². The highest BCUT2D eigenvalue weighted by Crippen LogP contribution is 2.02. The second kappa shape index (κ2) is 7.90. The van der Waals surface area contributed by atoms with Crippen molar-refractivity contribution in [1.29, 1.82) is 5.26 Å². The van der Waals surface area contributed by atoms with Crippen LogP contribution in [0.1, 0.15) is 13.3 Å². The summed E-state index contributed by atoms with van der Waals surface area (Å²) in [5.74, 6) is 1.21. The van der Waals surface area contributed by atoms with Gasteiger partial charge in [0.25, 0.3) is 0 Å². The van der Waals surface area contributed by atoms with Crippen LogP contribution in [0.4, 0.5) is 0 Å². The highest BCUT2D eigenvalue weighted by Gasteiger charge is 2.00. The SMILES string of the molecule is CC(N)CCSCC(=O)NCC#N. The number of nitriles is 1. The van der Waals surface area contributed by atoms with Crippen LogP contribution in [0.15, 0.2) is 0 Å². The van der Waals surface area contributed by atoms with E-state index in [0.717, 1.165) is 12.2 Å². The van der Waals surface area contributed by atoms with Gasteiger partial charge in [0.1, 0.15) is 6.54 Å². The van der Waals surface area contributed by atoms with Crippen molar-refractivity contribution in [3.63, 3.8) is 0 Å². The zero-order valence-corrected chi connectivity index (χ0v) is 8.56. The largest absolute Gasteiger partial charge is 0.342 e. The smallest absolute Gasteiger partial charge is 0.230 e. The number of hydrogen-bond acceptors (Lipinski definition) is 4. The van der Waals surface area contributed by atoms with Crippen molar-refractivity contribution in [2.45, 2.75) is 19.4 Å². The molecule has 3 N–H and O–H groups in total. The number of carbonyl (C=O) groups excluding carboxylic acids is 1. The van der Waals surface area contributed by atoms with Gasteiger partial charge in [0.2, 0.25) is 5.91 Å². The molecule has 4 nitrogen and oxygen atoms in total. The Bertz CT molecular complexity index is 188. The van der Waals surface area contributed by atoms with Gasteiger partial charge < -0.3 is 11.1 Å². The number of hydrogen-bond donors (Lipinski definition) is 2. The first-order chi connectivity index (χ1) is 6.16. The Morgan fingerprint density at radius 1 is 1.77 bits per heavy atom. The molecule has 1 amide bonds. The van der Waals surface area contributed by atoms with Crippen LogP contribution in [0.25, 0.3) is 0 Å². The fourth-order valence-corrected chi connectivity index (χ4v) is 1.59. The molecule has 1 unspecified atom stereocenters. The standard InChI is InChI=1S/C8H15N3OS/c1-7(10)2-5-13-6-8(12)11-4-3-9/h7H,2,4-6,10H2,1H3,(H,11,12). The minimum absolute atomic E-state index is 0.0868. The van der Waals surface area contributed by atoms with Crippen LogP contribution in [-0.2, 0) is 4.79 Å². The Labute approximate surface area is 82.9 Å². The molecule has 0 radical (unpaired) electrons. The van der Waals surface area contributed by atoms with E-state index < -0.39 is 0 Å². The molecule has 0 bridgehead atoms. The molecule has 0 aromatic rings. The van der Waals surface area contributed by atoms with Gasteiger partial charge in [0.15, 0.2) is 0 Å². The lowest BCUT2D eigenvalue weighted by Gasteiger charge is -2.03. The van der Waals surface area contributed by atoms with Crippen LogP contribution in [0.3, 0.4) is 0 Å². The maximum atomic E-state index is 10.9. The second-order valence-electron chi connectivity index (χ2n) is 2.75. The quantitative estimate of drug-likeness (QED) is 0.472. The molecular formula is C8H15N3OS. The van der Waals surface area contributed by atoms with E-state index in [4.69, 9.17) is 11.0 Å². The van der Waals surface area contributed by atoms with Crippen LogP contribution >= 0.6 is 11.8 Å². The summed E-state index contributed by atoms with van der Waals surface area (Å²) in [4.78, 5) is 10.9.